The predicted octanol–water partition coefficient (Wildman–Crippen LogP) is 10.9. The Balaban J connectivity index is 2.55. The molecule has 1 aromatic rings. The number of aromatic carboxylic acids is 2. The van der Waals surface area contributed by atoms with Gasteiger partial charge in [0.05, 0.1) is 11.1 Å². The van der Waals surface area contributed by atoms with E-state index in [1.54, 1.807) is 0 Å². The highest BCUT2D eigenvalue weighted by molar-refractivity contribution is 6.12. The first-order valence-electron chi connectivity index (χ1n) is 17.0. The molecule has 0 spiro atoms. The van der Waals surface area contributed by atoms with E-state index < -0.39 is 11.9 Å². The number of unbranched alkanes of at least 4 members (excludes halogenated alkanes) is 20. The summed E-state index contributed by atoms with van der Waals surface area (Å²) >= 11 is 0. The van der Waals surface area contributed by atoms with E-state index in [4.69, 9.17) is 0 Å². The summed E-state index contributed by atoms with van der Waals surface area (Å²) in [4.78, 5) is 49.8. The lowest BCUT2D eigenvalue weighted by molar-refractivity contribution is 0.0676. The lowest BCUT2D eigenvalue weighted by Crippen LogP contribution is -2.16. The minimum absolute atomic E-state index is 0.113. The van der Waals surface area contributed by atoms with E-state index in [9.17, 15) is 29.4 Å². The zero-order valence-electron chi connectivity index (χ0n) is 26.7. The Labute approximate surface area is 255 Å². The van der Waals surface area contributed by atoms with Crippen molar-refractivity contribution in [3.63, 3.8) is 0 Å². The average Bonchev–Trinajstić information content (AvgIpc) is 2.97. The molecular weight excluding hydrogens is 528 g/mol. The van der Waals surface area contributed by atoms with Gasteiger partial charge in [0.1, 0.15) is 0 Å². The summed E-state index contributed by atoms with van der Waals surface area (Å²) in [5.74, 6) is -3.40. The average molecular weight is 587 g/mol. The van der Waals surface area contributed by atoms with Crippen LogP contribution < -0.4 is 0 Å². The monoisotopic (exact) mass is 586 g/mol. The van der Waals surface area contributed by atoms with Gasteiger partial charge in [0.2, 0.25) is 0 Å². The van der Waals surface area contributed by atoms with Gasteiger partial charge in [-0.15, -0.1) is 0 Å². The molecule has 1 aromatic carbocycles. The quantitative estimate of drug-likeness (QED) is 0.0746. The fraction of sp³-hybridized carbons (Fsp3) is 0.722. The second-order valence-electron chi connectivity index (χ2n) is 12.0. The molecule has 0 aliphatic heterocycles. The number of carbonyl (C=O) groups is 4. The van der Waals surface area contributed by atoms with Gasteiger partial charge in [-0.05, 0) is 25.0 Å². The van der Waals surface area contributed by atoms with Crippen molar-refractivity contribution in [1.29, 1.82) is 0 Å². The van der Waals surface area contributed by atoms with E-state index >= 15 is 0 Å². The molecule has 0 aliphatic rings. The number of carboxylic acid groups (broad SMARTS) is 2. The molecule has 0 fully saturated rings. The van der Waals surface area contributed by atoms with Crippen LogP contribution in [0.25, 0.3) is 0 Å². The molecule has 0 saturated heterocycles. The van der Waals surface area contributed by atoms with Crippen LogP contribution in [0.15, 0.2) is 12.1 Å². The number of carboxylic acids is 2. The first-order valence-corrected chi connectivity index (χ1v) is 17.0. The van der Waals surface area contributed by atoms with Crippen LogP contribution >= 0.6 is 0 Å². The maximum atomic E-state index is 12.9. The number of rotatable bonds is 28. The lowest BCUT2D eigenvalue weighted by Gasteiger charge is -2.12. The fourth-order valence-electron chi connectivity index (χ4n) is 5.58. The highest BCUT2D eigenvalue weighted by Crippen LogP contribution is 2.23. The number of ketones is 2. The molecule has 0 atom stereocenters. The van der Waals surface area contributed by atoms with E-state index in [0.717, 1.165) is 50.7 Å². The van der Waals surface area contributed by atoms with Crippen LogP contribution in [0.3, 0.4) is 0 Å². The van der Waals surface area contributed by atoms with Crippen LogP contribution in [0.2, 0.25) is 0 Å². The summed E-state index contributed by atoms with van der Waals surface area (Å²) in [6, 6.07) is 2.22. The summed E-state index contributed by atoms with van der Waals surface area (Å²) in [6.45, 7) is 4.44. The van der Waals surface area contributed by atoms with Crippen molar-refractivity contribution < 1.29 is 29.4 Å². The second kappa shape index (κ2) is 24.0. The van der Waals surface area contributed by atoms with Crippen molar-refractivity contribution in [3.8, 4) is 0 Å². The Morgan fingerprint density at radius 1 is 0.405 bits per heavy atom. The van der Waals surface area contributed by atoms with Gasteiger partial charge in [0.25, 0.3) is 0 Å². The SMILES string of the molecule is CCCCCCCCCCCCCC(=O)c1cc(C(=O)O)c(C(=O)CCCCCCCCCCCCC)cc1C(=O)O. The van der Waals surface area contributed by atoms with Crippen molar-refractivity contribution in [2.24, 2.45) is 0 Å². The minimum Gasteiger partial charge on any atom is -0.478 e. The highest BCUT2D eigenvalue weighted by atomic mass is 16.4. The van der Waals surface area contributed by atoms with Gasteiger partial charge in [-0.25, -0.2) is 9.59 Å². The minimum atomic E-state index is -1.32. The first kappa shape index (κ1) is 37.5. The summed E-state index contributed by atoms with van der Waals surface area (Å²) in [6.07, 6.45) is 25.5. The Bertz CT molecular complexity index is 859. The molecule has 0 amide bonds. The Morgan fingerprint density at radius 3 is 0.881 bits per heavy atom. The van der Waals surface area contributed by atoms with E-state index in [1.807, 2.05) is 0 Å². The summed E-state index contributed by atoms with van der Waals surface area (Å²) in [5, 5.41) is 19.6. The fourth-order valence-corrected chi connectivity index (χ4v) is 5.58. The zero-order chi connectivity index (χ0) is 31.0. The molecule has 6 heteroatoms. The molecule has 0 bridgehead atoms. The molecule has 2 N–H and O–H groups in total. The molecule has 0 unspecified atom stereocenters. The molecule has 1 rings (SSSR count). The van der Waals surface area contributed by atoms with Gasteiger partial charge in [-0.3, -0.25) is 9.59 Å². The molecule has 0 heterocycles. The predicted molar refractivity (Wildman–Crippen MR) is 171 cm³/mol. The van der Waals surface area contributed by atoms with Gasteiger partial charge in [-0.2, -0.15) is 0 Å². The van der Waals surface area contributed by atoms with Crippen molar-refractivity contribution in [1.82, 2.24) is 0 Å². The molecule has 0 saturated carbocycles. The third kappa shape index (κ3) is 16.2. The molecule has 42 heavy (non-hydrogen) atoms. The first-order chi connectivity index (χ1) is 20.3. The van der Waals surface area contributed by atoms with Crippen LogP contribution in [0, 0.1) is 0 Å². The van der Waals surface area contributed by atoms with Gasteiger partial charge in [0.15, 0.2) is 11.6 Å². The van der Waals surface area contributed by atoms with Crippen LogP contribution in [0.4, 0.5) is 0 Å². The maximum absolute atomic E-state index is 12.9. The van der Waals surface area contributed by atoms with Crippen LogP contribution in [0.1, 0.15) is 209 Å². The highest BCUT2D eigenvalue weighted by Gasteiger charge is 2.25. The Kier molecular flexibility index (Phi) is 21.4. The van der Waals surface area contributed by atoms with Gasteiger partial charge >= 0.3 is 11.9 Å². The van der Waals surface area contributed by atoms with Crippen molar-refractivity contribution in [2.75, 3.05) is 0 Å². The Morgan fingerprint density at radius 2 is 0.643 bits per heavy atom. The Hall–Kier alpha value is -2.50. The second-order valence-corrected chi connectivity index (χ2v) is 12.0. The summed E-state index contributed by atoms with van der Waals surface area (Å²) in [7, 11) is 0. The van der Waals surface area contributed by atoms with Gasteiger partial charge in [-0.1, -0.05) is 142 Å². The van der Waals surface area contributed by atoms with E-state index in [-0.39, 0.29) is 46.7 Å². The smallest absolute Gasteiger partial charge is 0.336 e. The normalized spacial score (nSPS) is 11.1. The third-order valence-electron chi connectivity index (χ3n) is 8.23. The topological polar surface area (TPSA) is 109 Å². The molecule has 0 radical (unpaired) electrons. The van der Waals surface area contributed by atoms with E-state index in [2.05, 4.69) is 13.8 Å². The lowest BCUT2D eigenvalue weighted by atomic mass is 9.91. The van der Waals surface area contributed by atoms with Gasteiger partial charge in [0, 0.05) is 24.0 Å². The largest absolute Gasteiger partial charge is 0.478 e. The third-order valence-corrected chi connectivity index (χ3v) is 8.23. The van der Waals surface area contributed by atoms with Gasteiger partial charge < -0.3 is 10.2 Å². The zero-order valence-corrected chi connectivity index (χ0v) is 26.7. The van der Waals surface area contributed by atoms with Crippen LogP contribution in [-0.2, 0) is 0 Å². The number of hydrogen-bond acceptors (Lipinski definition) is 4. The molecular formula is C36H58O6. The number of hydrogen-bond donors (Lipinski definition) is 2. The number of benzene rings is 1. The van der Waals surface area contributed by atoms with Crippen LogP contribution in [0.5, 0.6) is 0 Å². The number of Topliss-reactive ketones (excluding diaryl/α,β-unsaturated/α-hetero) is 2. The summed E-state index contributed by atoms with van der Waals surface area (Å²) < 4.78 is 0. The van der Waals surface area contributed by atoms with E-state index in [0.29, 0.717) is 12.8 Å². The summed E-state index contributed by atoms with van der Waals surface area (Å²) in [5.41, 5.74) is -0.790. The van der Waals surface area contributed by atoms with Crippen molar-refractivity contribution in [2.45, 2.75) is 168 Å². The van der Waals surface area contributed by atoms with E-state index in [1.165, 1.54) is 89.9 Å². The molecule has 0 aromatic heterocycles. The maximum Gasteiger partial charge on any atom is 0.336 e. The standard InChI is InChI=1S/C36H58O6/c1-3-5-7-9-11-13-15-17-19-21-23-25-33(37)29-27-32(36(41)42)30(28-31(29)35(39)40)34(38)26-24-22-20-18-16-14-12-10-8-6-4-2/h27-28H,3-26H2,1-2H3,(H,39,40)(H,41,42). The molecule has 6 nitrogen and oxygen atoms in total. The van der Waals surface area contributed by atoms with Crippen LogP contribution in [-0.4, -0.2) is 33.7 Å². The van der Waals surface area contributed by atoms with Crippen molar-refractivity contribution >= 4 is 23.5 Å². The molecule has 238 valence electrons. The number of carbonyl (C=O) groups excluding carboxylic acids is 2. The van der Waals surface area contributed by atoms with Crippen molar-refractivity contribution in [3.05, 3.63) is 34.4 Å². The molecule has 0 aliphatic carbocycles.